The van der Waals surface area contributed by atoms with Crippen molar-refractivity contribution in [3.63, 3.8) is 0 Å². The molecule has 2 heterocycles. The summed E-state index contributed by atoms with van der Waals surface area (Å²) in [5.74, 6) is 0.0859. The van der Waals surface area contributed by atoms with E-state index in [2.05, 4.69) is 60.4 Å². The zero-order chi connectivity index (χ0) is 21.9. The van der Waals surface area contributed by atoms with Crippen molar-refractivity contribution < 1.29 is 4.79 Å². The molecule has 0 bridgehead atoms. The van der Waals surface area contributed by atoms with E-state index in [0.29, 0.717) is 13.1 Å². The molecule has 0 atom stereocenters. The Bertz CT molecular complexity index is 1230. The van der Waals surface area contributed by atoms with Crippen LogP contribution in [0.4, 0.5) is 5.69 Å². The zero-order valence-electron chi connectivity index (χ0n) is 18.4. The van der Waals surface area contributed by atoms with Crippen LogP contribution < -0.4 is 4.90 Å². The van der Waals surface area contributed by atoms with E-state index in [1.165, 1.54) is 11.3 Å². The van der Waals surface area contributed by atoms with Crippen LogP contribution in [0.1, 0.15) is 22.8 Å². The molecule has 32 heavy (non-hydrogen) atoms. The average Bonchev–Trinajstić information content (AvgIpc) is 2.88. The van der Waals surface area contributed by atoms with Gasteiger partial charge < -0.3 is 9.80 Å². The highest BCUT2D eigenvalue weighted by molar-refractivity contribution is 6.07. The monoisotopic (exact) mass is 421 g/mol. The van der Waals surface area contributed by atoms with E-state index < -0.39 is 0 Å². The predicted molar refractivity (Wildman–Crippen MR) is 131 cm³/mol. The van der Waals surface area contributed by atoms with E-state index in [-0.39, 0.29) is 5.91 Å². The Morgan fingerprint density at radius 2 is 1.53 bits per heavy atom. The summed E-state index contributed by atoms with van der Waals surface area (Å²) in [7, 11) is 0. The van der Waals surface area contributed by atoms with Crippen LogP contribution >= 0.6 is 0 Å². The Kier molecular flexibility index (Phi) is 5.59. The second-order valence-corrected chi connectivity index (χ2v) is 8.24. The Morgan fingerprint density at radius 1 is 0.844 bits per heavy atom. The fourth-order valence-electron chi connectivity index (χ4n) is 4.39. The van der Waals surface area contributed by atoms with Crippen LogP contribution in [-0.2, 0) is 6.42 Å². The molecule has 0 spiro atoms. The minimum Gasteiger partial charge on any atom is -0.368 e. The van der Waals surface area contributed by atoms with E-state index in [1.54, 1.807) is 0 Å². The third-order valence-electron chi connectivity index (χ3n) is 6.29. The number of benzene rings is 3. The van der Waals surface area contributed by atoms with Crippen molar-refractivity contribution in [1.29, 1.82) is 0 Å². The molecule has 1 aliphatic heterocycles. The van der Waals surface area contributed by atoms with Crippen molar-refractivity contribution in [2.45, 2.75) is 13.3 Å². The lowest BCUT2D eigenvalue weighted by atomic mass is 10.0. The number of aromatic nitrogens is 1. The summed E-state index contributed by atoms with van der Waals surface area (Å²) in [6.45, 7) is 5.25. The summed E-state index contributed by atoms with van der Waals surface area (Å²) in [6.07, 6.45) is 1.00. The number of piperazine rings is 1. The maximum atomic E-state index is 13.6. The lowest BCUT2D eigenvalue weighted by Crippen LogP contribution is -2.48. The first-order valence-corrected chi connectivity index (χ1v) is 11.3. The first kappa shape index (κ1) is 20.3. The molecule has 1 saturated heterocycles. The van der Waals surface area contributed by atoms with E-state index in [1.807, 2.05) is 41.3 Å². The first-order valence-electron chi connectivity index (χ1n) is 11.3. The number of carbonyl (C=O) groups excluding carboxylic acids is 1. The molecule has 0 radical (unpaired) electrons. The van der Waals surface area contributed by atoms with Gasteiger partial charge in [0.25, 0.3) is 5.91 Å². The van der Waals surface area contributed by atoms with Gasteiger partial charge in [-0.1, -0.05) is 67.6 Å². The van der Waals surface area contributed by atoms with Gasteiger partial charge >= 0.3 is 0 Å². The number of para-hydroxylation sites is 2. The summed E-state index contributed by atoms with van der Waals surface area (Å²) < 4.78 is 0. The van der Waals surface area contributed by atoms with Crippen LogP contribution in [0, 0.1) is 0 Å². The van der Waals surface area contributed by atoms with Crippen LogP contribution in [-0.4, -0.2) is 42.0 Å². The van der Waals surface area contributed by atoms with Crippen molar-refractivity contribution in [2.24, 2.45) is 0 Å². The Hall–Kier alpha value is -3.66. The fraction of sp³-hybridized carbons (Fsp3) is 0.214. The molecule has 4 heteroatoms. The molecule has 160 valence electrons. The molecule has 4 aromatic rings. The third-order valence-corrected chi connectivity index (χ3v) is 6.29. The molecule has 5 rings (SSSR count). The highest BCUT2D eigenvalue weighted by Crippen LogP contribution is 2.27. The molecule has 4 nitrogen and oxygen atoms in total. The predicted octanol–water partition coefficient (Wildman–Crippen LogP) is 5.43. The van der Waals surface area contributed by atoms with Crippen molar-refractivity contribution in [3.05, 3.63) is 96.1 Å². The largest absolute Gasteiger partial charge is 0.368 e. The highest BCUT2D eigenvalue weighted by atomic mass is 16.2. The SMILES string of the molecule is CCc1ccc(-c2cc(C(=O)N3CCN(c4ccccc4)CC3)c3ccccc3n2)cc1. The molecule has 0 unspecified atom stereocenters. The van der Waals surface area contributed by atoms with Gasteiger partial charge in [0.15, 0.2) is 0 Å². The molecule has 0 saturated carbocycles. The maximum Gasteiger partial charge on any atom is 0.254 e. The number of aryl methyl sites for hydroxylation is 1. The third kappa shape index (κ3) is 3.96. The second-order valence-electron chi connectivity index (χ2n) is 8.24. The molecule has 1 aliphatic rings. The van der Waals surface area contributed by atoms with Crippen molar-refractivity contribution in [1.82, 2.24) is 9.88 Å². The molecule has 3 aromatic carbocycles. The fourth-order valence-corrected chi connectivity index (χ4v) is 4.39. The van der Waals surface area contributed by atoms with Crippen LogP contribution in [0.5, 0.6) is 0 Å². The Balaban J connectivity index is 1.44. The van der Waals surface area contributed by atoms with E-state index >= 15 is 0 Å². The minimum atomic E-state index is 0.0859. The molecule has 1 fully saturated rings. The van der Waals surface area contributed by atoms with Gasteiger partial charge in [-0.3, -0.25) is 4.79 Å². The Labute approximate surface area is 189 Å². The second kappa shape index (κ2) is 8.83. The molecular weight excluding hydrogens is 394 g/mol. The number of amides is 1. The van der Waals surface area contributed by atoms with E-state index in [9.17, 15) is 4.79 Å². The smallest absolute Gasteiger partial charge is 0.254 e. The minimum absolute atomic E-state index is 0.0859. The number of anilines is 1. The number of nitrogens with zero attached hydrogens (tertiary/aromatic N) is 3. The number of hydrogen-bond acceptors (Lipinski definition) is 3. The maximum absolute atomic E-state index is 13.6. The summed E-state index contributed by atoms with van der Waals surface area (Å²) in [4.78, 5) is 22.8. The van der Waals surface area contributed by atoms with Crippen molar-refractivity contribution in [2.75, 3.05) is 31.1 Å². The van der Waals surface area contributed by atoms with Crippen LogP contribution in [0.3, 0.4) is 0 Å². The number of rotatable bonds is 4. The highest BCUT2D eigenvalue weighted by Gasteiger charge is 2.24. The standard InChI is InChI=1S/C28H27N3O/c1-2-21-12-14-22(15-13-21)27-20-25(24-10-6-7-11-26(24)29-27)28(32)31-18-16-30(17-19-31)23-8-4-3-5-9-23/h3-15,20H,2,16-19H2,1H3. The van der Waals surface area contributed by atoms with Gasteiger partial charge in [-0.2, -0.15) is 0 Å². The van der Waals surface area contributed by atoms with Gasteiger partial charge in [0.05, 0.1) is 16.8 Å². The van der Waals surface area contributed by atoms with Gasteiger partial charge in [0.1, 0.15) is 0 Å². The van der Waals surface area contributed by atoms with Crippen LogP contribution in [0.15, 0.2) is 84.9 Å². The number of hydrogen-bond donors (Lipinski definition) is 0. The molecule has 0 aliphatic carbocycles. The summed E-state index contributed by atoms with van der Waals surface area (Å²) in [5, 5.41) is 0.914. The summed E-state index contributed by atoms with van der Waals surface area (Å²) >= 11 is 0. The molecular formula is C28H27N3O. The van der Waals surface area contributed by atoms with Gasteiger partial charge in [-0.05, 0) is 36.2 Å². The lowest BCUT2D eigenvalue weighted by Gasteiger charge is -2.36. The lowest BCUT2D eigenvalue weighted by molar-refractivity contribution is 0.0748. The first-order chi connectivity index (χ1) is 15.7. The number of carbonyl (C=O) groups is 1. The molecule has 1 aromatic heterocycles. The topological polar surface area (TPSA) is 36.4 Å². The summed E-state index contributed by atoms with van der Waals surface area (Å²) in [6, 6.07) is 28.8. The average molecular weight is 422 g/mol. The quantitative estimate of drug-likeness (QED) is 0.441. The van der Waals surface area contributed by atoms with Crippen molar-refractivity contribution in [3.8, 4) is 11.3 Å². The van der Waals surface area contributed by atoms with Gasteiger partial charge in [-0.25, -0.2) is 4.98 Å². The normalized spacial score (nSPS) is 14.0. The summed E-state index contributed by atoms with van der Waals surface area (Å²) in [5.41, 5.74) is 5.98. The van der Waals surface area contributed by atoms with Crippen LogP contribution in [0.2, 0.25) is 0 Å². The van der Waals surface area contributed by atoms with E-state index in [4.69, 9.17) is 4.98 Å². The number of pyridine rings is 1. The van der Waals surface area contributed by atoms with E-state index in [0.717, 1.165) is 47.2 Å². The van der Waals surface area contributed by atoms with Crippen LogP contribution in [0.25, 0.3) is 22.2 Å². The molecule has 0 N–H and O–H groups in total. The zero-order valence-corrected chi connectivity index (χ0v) is 18.4. The number of fused-ring (bicyclic) bond motifs is 1. The Morgan fingerprint density at radius 3 is 2.25 bits per heavy atom. The van der Waals surface area contributed by atoms with Gasteiger partial charge in [0, 0.05) is 42.8 Å². The molecule has 1 amide bonds. The van der Waals surface area contributed by atoms with Gasteiger partial charge in [0.2, 0.25) is 0 Å². The van der Waals surface area contributed by atoms with Gasteiger partial charge in [-0.15, -0.1) is 0 Å². The van der Waals surface area contributed by atoms with Crippen molar-refractivity contribution >= 4 is 22.5 Å².